The number of nitrogen functional groups attached to an aromatic ring is 1. The molecule has 2 nitrogen and oxygen atoms in total. The summed E-state index contributed by atoms with van der Waals surface area (Å²) in [7, 11) is 0. The molecular weight excluding hydrogens is 271 g/mol. The van der Waals surface area contributed by atoms with Crippen LogP contribution in [0.25, 0.3) is 21.8 Å². The Bertz CT molecular complexity index is 765. The van der Waals surface area contributed by atoms with Gasteiger partial charge in [0.15, 0.2) is 0 Å². The Labute approximate surface area is 120 Å². The molecule has 0 amide bonds. The van der Waals surface area contributed by atoms with Crippen LogP contribution in [-0.4, -0.2) is 4.98 Å². The third kappa shape index (κ3) is 2.42. The van der Waals surface area contributed by atoms with E-state index in [4.69, 9.17) is 5.73 Å². The highest BCUT2D eigenvalue weighted by Crippen LogP contribution is 2.30. The zero-order valence-electron chi connectivity index (χ0n) is 10.9. The molecule has 0 aliphatic carbocycles. The normalized spacial score (nSPS) is 10.7. The second-order valence-electron chi connectivity index (χ2n) is 4.63. The van der Waals surface area contributed by atoms with Crippen molar-refractivity contribution in [2.45, 2.75) is 6.92 Å². The molecule has 0 unspecified atom stereocenters. The molecule has 2 aromatic carbocycles. The molecule has 3 rings (SSSR count). The molecule has 0 fully saturated rings. The third-order valence-electron chi connectivity index (χ3n) is 3.11. The molecular formula is C16H13FN2S. The Morgan fingerprint density at radius 2 is 1.95 bits per heavy atom. The Balaban J connectivity index is 1.99. The number of hydrogen-bond donors (Lipinski definition) is 1. The number of nitrogens with two attached hydrogens (primary N) is 1. The maximum Gasteiger partial charge on any atom is 0.126 e. The molecule has 0 saturated carbocycles. The van der Waals surface area contributed by atoms with Gasteiger partial charge in [-0.05, 0) is 30.7 Å². The van der Waals surface area contributed by atoms with Crippen molar-refractivity contribution >= 4 is 17.0 Å². The van der Waals surface area contributed by atoms with Crippen LogP contribution in [0.3, 0.4) is 0 Å². The van der Waals surface area contributed by atoms with Crippen molar-refractivity contribution < 1.29 is 4.39 Å². The summed E-state index contributed by atoms with van der Waals surface area (Å²) < 4.78 is 13.6. The van der Waals surface area contributed by atoms with Crippen LogP contribution in [0.5, 0.6) is 0 Å². The maximum atomic E-state index is 13.6. The molecule has 0 bridgehead atoms. The van der Waals surface area contributed by atoms with E-state index in [1.54, 1.807) is 13.0 Å². The molecule has 0 atom stereocenters. The summed E-state index contributed by atoms with van der Waals surface area (Å²) in [4.78, 5) is 4.56. The van der Waals surface area contributed by atoms with Crippen LogP contribution in [0.2, 0.25) is 0 Å². The zero-order valence-corrected chi connectivity index (χ0v) is 11.7. The molecule has 1 heterocycles. The van der Waals surface area contributed by atoms with Gasteiger partial charge in [0, 0.05) is 22.2 Å². The van der Waals surface area contributed by atoms with Gasteiger partial charge in [0.1, 0.15) is 10.8 Å². The molecule has 100 valence electrons. The first-order chi connectivity index (χ1) is 9.63. The lowest BCUT2D eigenvalue weighted by Crippen LogP contribution is -1.86. The molecule has 3 aromatic rings. The number of rotatable bonds is 2. The third-order valence-corrected chi connectivity index (χ3v) is 4.00. The summed E-state index contributed by atoms with van der Waals surface area (Å²) in [6, 6.07) is 12.8. The van der Waals surface area contributed by atoms with E-state index >= 15 is 0 Å². The molecule has 20 heavy (non-hydrogen) atoms. The fourth-order valence-electron chi connectivity index (χ4n) is 1.96. The fourth-order valence-corrected chi connectivity index (χ4v) is 2.79. The molecule has 0 radical (unpaired) electrons. The van der Waals surface area contributed by atoms with E-state index in [9.17, 15) is 4.39 Å². The van der Waals surface area contributed by atoms with Crippen LogP contribution in [0, 0.1) is 12.7 Å². The Morgan fingerprint density at radius 1 is 1.10 bits per heavy atom. The van der Waals surface area contributed by atoms with Gasteiger partial charge in [-0.3, -0.25) is 0 Å². The van der Waals surface area contributed by atoms with Crippen molar-refractivity contribution in [3.8, 4) is 21.8 Å². The van der Waals surface area contributed by atoms with Gasteiger partial charge in [0.05, 0.1) is 5.69 Å². The number of benzene rings is 2. The van der Waals surface area contributed by atoms with Gasteiger partial charge in [-0.15, -0.1) is 11.3 Å². The van der Waals surface area contributed by atoms with Gasteiger partial charge < -0.3 is 5.73 Å². The van der Waals surface area contributed by atoms with E-state index in [0.717, 1.165) is 21.8 Å². The molecule has 0 aliphatic heterocycles. The van der Waals surface area contributed by atoms with Crippen molar-refractivity contribution in [1.29, 1.82) is 0 Å². The SMILES string of the molecule is Cc1ccc(-c2csc(-c3cccc(N)c3)n2)cc1F. The Hall–Kier alpha value is -2.20. The van der Waals surface area contributed by atoms with Crippen LogP contribution >= 0.6 is 11.3 Å². The first-order valence-corrected chi connectivity index (χ1v) is 7.09. The van der Waals surface area contributed by atoms with Crippen molar-refractivity contribution in [2.75, 3.05) is 5.73 Å². The zero-order chi connectivity index (χ0) is 14.1. The van der Waals surface area contributed by atoms with E-state index in [1.807, 2.05) is 35.7 Å². The summed E-state index contributed by atoms with van der Waals surface area (Å²) in [5.74, 6) is -0.207. The summed E-state index contributed by atoms with van der Waals surface area (Å²) >= 11 is 1.53. The maximum absolute atomic E-state index is 13.6. The number of anilines is 1. The van der Waals surface area contributed by atoms with Gasteiger partial charge >= 0.3 is 0 Å². The highest BCUT2D eigenvalue weighted by Gasteiger charge is 2.08. The van der Waals surface area contributed by atoms with Crippen molar-refractivity contribution in [3.63, 3.8) is 0 Å². The van der Waals surface area contributed by atoms with E-state index in [2.05, 4.69) is 4.98 Å². The minimum atomic E-state index is -0.207. The topological polar surface area (TPSA) is 38.9 Å². The second-order valence-corrected chi connectivity index (χ2v) is 5.49. The molecule has 1 aromatic heterocycles. The van der Waals surface area contributed by atoms with Crippen LogP contribution in [0.15, 0.2) is 47.8 Å². The Morgan fingerprint density at radius 3 is 2.70 bits per heavy atom. The van der Waals surface area contributed by atoms with E-state index < -0.39 is 0 Å². The fraction of sp³-hybridized carbons (Fsp3) is 0.0625. The Kier molecular flexibility index (Phi) is 3.24. The minimum Gasteiger partial charge on any atom is -0.399 e. The quantitative estimate of drug-likeness (QED) is 0.703. The molecule has 0 saturated heterocycles. The van der Waals surface area contributed by atoms with Crippen molar-refractivity contribution in [2.24, 2.45) is 0 Å². The number of hydrogen-bond acceptors (Lipinski definition) is 3. The number of nitrogens with zero attached hydrogens (tertiary/aromatic N) is 1. The summed E-state index contributed by atoms with van der Waals surface area (Å²) in [5.41, 5.74) is 9.68. The average molecular weight is 284 g/mol. The van der Waals surface area contributed by atoms with Gasteiger partial charge in [-0.1, -0.05) is 24.3 Å². The first-order valence-electron chi connectivity index (χ1n) is 6.21. The van der Waals surface area contributed by atoms with Crippen molar-refractivity contribution in [3.05, 3.63) is 59.2 Å². The predicted molar refractivity (Wildman–Crippen MR) is 82.1 cm³/mol. The lowest BCUT2D eigenvalue weighted by Gasteiger charge is -2.00. The molecule has 4 heteroatoms. The second kappa shape index (κ2) is 5.06. The molecule has 0 spiro atoms. The monoisotopic (exact) mass is 284 g/mol. The standard InChI is InChI=1S/C16H13FN2S/c1-10-5-6-11(8-14(10)17)15-9-20-16(19-15)12-3-2-4-13(18)7-12/h2-9H,18H2,1H3. The van der Waals surface area contributed by atoms with E-state index in [-0.39, 0.29) is 5.82 Å². The van der Waals surface area contributed by atoms with E-state index in [1.165, 1.54) is 17.4 Å². The predicted octanol–water partition coefficient (Wildman–Crippen LogP) is 4.51. The van der Waals surface area contributed by atoms with Gasteiger partial charge in [-0.2, -0.15) is 0 Å². The molecule has 2 N–H and O–H groups in total. The smallest absolute Gasteiger partial charge is 0.126 e. The van der Waals surface area contributed by atoms with Gasteiger partial charge in [-0.25, -0.2) is 9.37 Å². The van der Waals surface area contributed by atoms with E-state index in [0.29, 0.717) is 11.3 Å². The minimum absolute atomic E-state index is 0.207. The summed E-state index contributed by atoms with van der Waals surface area (Å²) in [6.07, 6.45) is 0. The largest absolute Gasteiger partial charge is 0.399 e. The van der Waals surface area contributed by atoms with Gasteiger partial charge in [0.25, 0.3) is 0 Å². The highest BCUT2D eigenvalue weighted by atomic mass is 32.1. The van der Waals surface area contributed by atoms with Gasteiger partial charge in [0.2, 0.25) is 0 Å². The number of thiazole rings is 1. The first kappa shape index (κ1) is 12.8. The van der Waals surface area contributed by atoms with Crippen LogP contribution in [-0.2, 0) is 0 Å². The lowest BCUT2D eigenvalue weighted by atomic mass is 10.1. The lowest BCUT2D eigenvalue weighted by molar-refractivity contribution is 0.619. The highest BCUT2D eigenvalue weighted by molar-refractivity contribution is 7.13. The molecule has 0 aliphatic rings. The average Bonchev–Trinajstić information content (AvgIpc) is 2.92. The summed E-state index contributed by atoms with van der Waals surface area (Å²) in [5, 5.41) is 2.82. The van der Waals surface area contributed by atoms with Crippen molar-refractivity contribution in [1.82, 2.24) is 4.98 Å². The number of halogens is 1. The summed E-state index contributed by atoms with van der Waals surface area (Å²) in [6.45, 7) is 1.75. The van der Waals surface area contributed by atoms with Crippen LogP contribution < -0.4 is 5.73 Å². The number of aryl methyl sites for hydroxylation is 1. The number of aromatic nitrogens is 1. The van der Waals surface area contributed by atoms with Crippen LogP contribution in [0.4, 0.5) is 10.1 Å². The van der Waals surface area contributed by atoms with Crippen LogP contribution in [0.1, 0.15) is 5.56 Å².